The lowest BCUT2D eigenvalue weighted by atomic mass is 10.2. The molecule has 0 spiro atoms. The van der Waals surface area contributed by atoms with E-state index in [4.69, 9.17) is 4.74 Å². The van der Waals surface area contributed by atoms with E-state index >= 15 is 0 Å². The highest BCUT2D eigenvalue weighted by atomic mass is 16.5. The molecule has 2 N–H and O–H groups in total. The van der Waals surface area contributed by atoms with Gasteiger partial charge in [-0.2, -0.15) is 4.98 Å². The van der Waals surface area contributed by atoms with E-state index in [-0.39, 0.29) is 5.91 Å². The lowest BCUT2D eigenvalue weighted by molar-refractivity contribution is -0.111. The van der Waals surface area contributed by atoms with Gasteiger partial charge in [0.1, 0.15) is 17.4 Å². The number of carbonyl (C=O) groups excluding carboxylic acids is 1. The first kappa shape index (κ1) is 19.1. The second-order valence-electron chi connectivity index (χ2n) is 6.46. The summed E-state index contributed by atoms with van der Waals surface area (Å²) in [5.74, 6) is 2.19. The minimum absolute atomic E-state index is 0.299. The third-order valence-corrected chi connectivity index (χ3v) is 4.50. The number of aromatic nitrogens is 4. The molecule has 30 heavy (non-hydrogen) atoms. The SMILES string of the molecule is C=CC(=O)Nc1ccc(OC)c(Nc2nccc(-n3c(C)nc4ccccc43)n2)c1. The number of ether oxygens (including phenoxy) is 1. The number of aryl methyl sites for hydroxylation is 1. The number of benzene rings is 2. The summed E-state index contributed by atoms with van der Waals surface area (Å²) in [6.45, 7) is 5.40. The number of anilines is 3. The number of nitrogens with one attached hydrogen (secondary N) is 2. The van der Waals surface area contributed by atoms with Gasteiger partial charge >= 0.3 is 0 Å². The van der Waals surface area contributed by atoms with Crippen molar-refractivity contribution in [2.24, 2.45) is 0 Å². The summed E-state index contributed by atoms with van der Waals surface area (Å²) < 4.78 is 7.39. The number of fused-ring (bicyclic) bond motifs is 1. The summed E-state index contributed by atoms with van der Waals surface area (Å²) in [5, 5.41) is 5.89. The number of methoxy groups -OCH3 is 1. The van der Waals surface area contributed by atoms with Crippen LogP contribution >= 0.6 is 0 Å². The molecule has 4 rings (SSSR count). The van der Waals surface area contributed by atoms with Crippen molar-refractivity contribution in [3.63, 3.8) is 0 Å². The second kappa shape index (κ2) is 8.04. The van der Waals surface area contributed by atoms with Gasteiger partial charge in [0, 0.05) is 11.9 Å². The van der Waals surface area contributed by atoms with E-state index in [2.05, 4.69) is 32.2 Å². The summed E-state index contributed by atoms with van der Waals surface area (Å²) in [6, 6.07) is 14.9. The number of carbonyl (C=O) groups is 1. The quantitative estimate of drug-likeness (QED) is 0.475. The van der Waals surface area contributed by atoms with Gasteiger partial charge in [0.05, 0.1) is 23.8 Å². The Morgan fingerprint density at radius 3 is 2.80 bits per heavy atom. The van der Waals surface area contributed by atoms with Crippen LogP contribution in [0.15, 0.2) is 67.4 Å². The standard InChI is InChI=1S/C22H20N6O2/c1-4-21(29)25-15-9-10-19(30-3)17(13-15)26-22-23-12-11-20(27-22)28-14(2)24-16-7-5-6-8-18(16)28/h4-13H,1H2,2-3H3,(H,25,29)(H,23,26,27). The molecule has 0 fully saturated rings. The molecule has 0 radical (unpaired) electrons. The topological polar surface area (TPSA) is 94.0 Å². The Hall–Kier alpha value is -4.20. The minimum atomic E-state index is -0.299. The van der Waals surface area contributed by atoms with Crippen LogP contribution in [0.2, 0.25) is 0 Å². The maximum Gasteiger partial charge on any atom is 0.247 e. The van der Waals surface area contributed by atoms with Crippen LogP contribution in [0.25, 0.3) is 16.9 Å². The van der Waals surface area contributed by atoms with E-state index in [0.717, 1.165) is 16.9 Å². The number of hydrogen-bond donors (Lipinski definition) is 2. The fourth-order valence-electron chi connectivity index (χ4n) is 3.17. The molecule has 2 aromatic carbocycles. The molecule has 150 valence electrons. The van der Waals surface area contributed by atoms with Crippen LogP contribution in [0, 0.1) is 6.92 Å². The monoisotopic (exact) mass is 400 g/mol. The van der Waals surface area contributed by atoms with Crippen molar-refractivity contribution in [2.45, 2.75) is 6.92 Å². The first-order valence-electron chi connectivity index (χ1n) is 9.25. The number of rotatable bonds is 6. The van der Waals surface area contributed by atoms with Crippen LogP contribution in [0.4, 0.5) is 17.3 Å². The van der Waals surface area contributed by atoms with Gasteiger partial charge in [-0.15, -0.1) is 0 Å². The van der Waals surface area contributed by atoms with E-state index < -0.39 is 0 Å². The fourth-order valence-corrected chi connectivity index (χ4v) is 3.17. The lowest BCUT2D eigenvalue weighted by Gasteiger charge is -2.13. The first-order valence-corrected chi connectivity index (χ1v) is 9.25. The average Bonchev–Trinajstić information content (AvgIpc) is 3.09. The van der Waals surface area contributed by atoms with Crippen LogP contribution in [-0.2, 0) is 4.79 Å². The van der Waals surface area contributed by atoms with Gasteiger partial charge in [0.2, 0.25) is 11.9 Å². The predicted octanol–water partition coefficient (Wildman–Crippen LogP) is 4.00. The molecule has 1 amide bonds. The molecule has 2 heterocycles. The molecule has 2 aromatic heterocycles. The Kier molecular flexibility index (Phi) is 5.13. The molecule has 0 aliphatic rings. The van der Waals surface area contributed by atoms with Gasteiger partial charge in [-0.3, -0.25) is 9.36 Å². The molecule has 0 bridgehead atoms. The van der Waals surface area contributed by atoms with Crippen molar-refractivity contribution < 1.29 is 9.53 Å². The van der Waals surface area contributed by atoms with Gasteiger partial charge in [0.15, 0.2) is 0 Å². The molecular formula is C22H20N6O2. The molecular weight excluding hydrogens is 380 g/mol. The van der Waals surface area contributed by atoms with E-state index in [9.17, 15) is 4.79 Å². The molecule has 0 atom stereocenters. The van der Waals surface area contributed by atoms with Gasteiger partial charge in [0.25, 0.3) is 0 Å². The third kappa shape index (κ3) is 3.70. The van der Waals surface area contributed by atoms with Crippen molar-refractivity contribution in [1.29, 1.82) is 0 Å². The van der Waals surface area contributed by atoms with Crippen molar-refractivity contribution in [3.05, 3.63) is 73.2 Å². The summed E-state index contributed by atoms with van der Waals surface area (Å²) in [5.41, 5.74) is 3.07. The highest BCUT2D eigenvalue weighted by Crippen LogP contribution is 2.30. The number of nitrogens with zero attached hydrogens (tertiary/aromatic N) is 4. The second-order valence-corrected chi connectivity index (χ2v) is 6.46. The van der Waals surface area contributed by atoms with E-state index in [1.54, 1.807) is 31.5 Å². The molecule has 4 aromatic rings. The normalized spacial score (nSPS) is 10.6. The zero-order valence-electron chi connectivity index (χ0n) is 16.6. The first-order chi connectivity index (χ1) is 14.6. The van der Waals surface area contributed by atoms with Crippen molar-refractivity contribution >= 4 is 34.3 Å². The highest BCUT2D eigenvalue weighted by molar-refractivity contribution is 5.99. The molecule has 0 saturated carbocycles. The zero-order valence-corrected chi connectivity index (χ0v) is 16.6. The zero-order chi connectivity index (χ0) is 21.1. The van der Waals surface area contributed by atoms with Crippen molar-refractivity contribution in [3.8, 4) is 11.6 Å². The Balaban J connectivity index is 1.70. The molecule has 8 heteroatoms. The predicted molar refractivity (Wildman–Crippen MR) is 117 cm³/mol. The van der Waals surface area contributed by atoms with Crippen molar-refractivity contribution in [1.82, 2.24) is 19.5 Å². The van der Waals surface area contributed by atoms with Gasteiger partial charge in [-0.1, -0.05) is 18.7 Å². The number of hydrogen-bond acceptors (Lipinski definition) is 6. The molecule has 0 aliphatic carbocycles. The molecule has 0 unspecified atom stereocenters. The summed E-state index contributed by atoms with van der Waals surface area (Å²) in [6.07, 6.45) is 2.89. The van der Waals surface area contributed by atoms with Gasteiger partial charge < -0.3 is 15.4 Å². The largest absolute Gasteiger partial charge is 0.495 e. The maximum atomic E-state index is 11.6. The molecule has 0 saturated heterocycles. The number of para-hydroxylation sites is 2. The van der Waals surface area contributed by atoms with Crippen LogP contribution in [0.5, 0.6) is 5.75 Å². The Morgan fingerprint density at radius 1 is 1.17 bits per heavy atom. The Bertz CT molecular complexity index is 1250. The van der Waals surface area contributed by atoms with E-state index in [1.165, 1.54) is 6.08 Å². The highest BCUT2D eigenvalue weighted by Gasteiger charge is 2.12. The van der Waals surface area contributed by atoms with Crippen LogP contribution in [-0.4, -0.2) is 32.5 Å². The van der Waals surface area contributed by atoms with Gasteiger partial charge in [-0.25, -0.2) is 9.97 Å². The summed E-state index contributed by atoms with van der Waals surface area (Å²) in [7, 11) is 1.57. The number of imidazole rings is 1. The lowest BCUT2D eigenvalue weighted by Crippen LogP contribution is -2.08. The minimum Gasteiger partial charge on any atom is -0.495 e. The summed E-state index contributed by atoms with van der Waals surface area (Å²) in [4.78, 5) is 25.2. The maximum absolute atomic E-state index is 11.6. The van der Waals surface area contributed by atoms with Crippen LogP contribution in [0.3, 0.4) is 0 Å². The average molecular weight is 400 g/mol. The Morgan fingerprint density at radius 2 is 2.00 bits per heavy atom. The van der Waals surface area contributed by atoms with Crippen molar-refractivity contribution in [2.75, 3.05) is 17.7 Å². The van der Waals surface area contributed by atoms with Crippen LogP contribution in [0.1, 0.15) is 5.82 Å². The number of amides is 1. The van der Waals surface area contributed by atoms with Gasteiger partial charge in [-0.05, 0) is 49.4 Å². The molecule has 0 aliphatic heterocycles. The third-order valence-electron chi connectivity index (χ3n) is 4.50. The van der Waals surface area contributed by atoms with Crippen LogP contribution < -0.4 is 15.4 Å². The van der Waals surface area contributed by atoms with E-state index in [1.807, 2.05) is 41.8 Å². The Labute approximate surface area is 173 Å². The van der Waals surface area contributed by atoms with E-state index in [0.29, 0.717) is 28.9 Å². The summed E-state index contributed by atoms with van der Waals surface area (Å²) >= 11 is 0. The molecule has 8 nitrogen and oxygen atoms in total. The smallest absolute Gasteiger partial charge is 0.247 e. The fraction of sp³-hybridized carbons (Fsp3) is 0.0909.